The maximum Gasteiger partial charge on any atom is 0.243 e. The van der Waals surface area contributed by atoms with Crippen molar-refractivity contribution in [3.63, 3.8) is 0 Å². The van der Waals surface area contributed by atoms with Crippen molar-refractivity contribution in [1.29, 1.82) is 0 Å². The molecular formula is C20H20N8O2S. The summed E-state index contributed by atoms with van der Waals surface area (Å²) in [6.45, 7) is 1.86. The topological polar surface area (TPSA) is 102 Å². The van der Waals surface area contributed by atoms with Gasteiger partial charge < -0.3 is 4.90 Å². The van der Waals surface area contributed by atoms with Gasteiger partial charge in [0.05, 0.1) is 10.6 Å². The molecule has 3 aromatic heterocycles. The summed E-state index contributed by atoms with van der Waals surface area (Å²) in [5, 5.41) is 4.16. The summed E-state index contributed by atoms with van der Waals surface area (Å²) < 4.78 is 31.2. The van der Waals surface area contributed by atoms with Gasteiger partial charge >= 0.3 is 0 Å². The van der Waals surface area contributed by atoms with Crippen LogP contribution in [-0.2, 0) is 10.0 Å². The molecule has 0 radical (unpaired) electrons. The smallest absolute Gasteiger partial charge is 0.243 e. The second-order valence-corrected chi connectivity index (χ2v) is 8.98. The van der Waals surface area contributed by atoms with E-state index in [1.165, 1.54) is 10.6 Å². The summed E-state index contributed by atoms with van der Waals surface area (Å²) in [4.78, 5) is 15.0. The number of aromatic nitrogens is 6. The van der Waals surface area contributed by atoms with Crippen LogP contribution in [0.3, 0.4) is 0 Å². The van der Waals surface area contributed by atoms with Crippen LogP contribution in [-0.4, -0.2) is 68.2 Å². The first-order valence-electron chi connectivity index (χ1n) is 9.77. The highest BCUT2D eigenvalue weighted by Crippen LogP contribution is 2.22. The fourth-order valence-electron chi connectivity index (χ4n) is 3.54. The fourth-order valence-corrected chi connectivity index (χ4v) is 4.97. The molecule has 1 fully saturated rings. The van der Waals surface area contributed by atoms with E-state index < -0.39 is 10.0 Å². The van der Waals surface area contributed by atoms with Crippen LogP contribution in [0.5, 0.6) is 0 Å². The molecule has 1 aliphatic rings. The van der Waals surface area contributed by atoms with Crippen molar-refractivity contribution in [3.8, 4) is 11.5 Å². The molecule has 10 nitrogen and oxygen atoms in total. The van der Waals surface area contributed by atoms with Crippen LogP contribution in [0.1, 0.15) is 0 Å². The molecule has 1 aromatic carbocycles. The predicted molar refractivity (Wildman–Crippen MR) is 114 cm³/mol. The molecule has 0 saturated carbocycles. The third kappa shape index (κ3) is 3.80. The van der Waals surface area contributed by atoms with Gasteiger partial charge in [-0.3, -0.25) is 4.57 Å². The Morgan fingerprint density at radius 3 is 2.32 bits per heavy atom. The van der Waals surface area contributed by atoms with E-state index in [1.54, 1.807) is 52.2 Å². The molecule has 158 valence electrons. The molecular weight excluding hydrogens is 416 g/mol. The van der Waals surface area contributed by atoms with Gasteiger partial charge in [-0.1, -0.05) is 0 Å². The first-order valence-corrected chi connectivity index (χ1v) is 11.2. The number of anilines is 1. The second kappa shape index (κ2) is 7.93. The third-order valence-corrected chi connectivity index (χ3v) is 7.13. The summed E-state index contributed by atoms with van der Waals surface area (Å²) in [5.74, 6) is 1.48. The van der Waals surface area contributed by atoms with Gasteiger partial charge in [-0.2, -0.15) is 9.40 Å². The number of nitrogens with zero attached hydrogens (tertiary/aromatic N) is 8. The minimum atomic E-state index is -3.56. The molecule has 0 spiro atoms. The molecule has 5 rings (SSSR count). The molecule has 4 aromatic rings. The van der Waals surface area contributed by atoms with Crippen molar-refractivity contribution >= 4 is 15.8 Å². The minimum Gasteiger partial charge on any atom is -0.354 e. The van der Waals surface area contributed by atoms with Crippen molar-refractivity contribution in [3.05, 3.63) is 73.8 Å². The lowest BCUT2D eigenvalue weighted by Crippen LogP contribution is -2.48. The Hall–Kier alpha value is -3.57. The lowest BCUT2D eigenvalue weighted by Gasteiger charge is -2.34. The van der Waals surface area contributed by atoms with E-state index >= 15 is 0 Å². The Bertz CT molecular complexity index is 1250. The molecule has 0 aliphatic carbocycles. The summed E-state index contributed by atoms with van der Waals surface area (Å²) in [5.41, 5.74) is 0.811. The van der Waals surface area contributed by atoms with Gasteiger partial charge in [-0.05, 0) is 30.3 Å². The number of piperazine rings is 1. The molecule has 0 N–H and O–H groups in total. The maximum atomic E-state index is 13.1. The number of benzene rings is 1. The SMILES string of the molecule is O=S(=O)(c1ccc(-n2cccn2)cc1)N1CCN(c2cc(-n3ccnc3)ncn2)CC1. The summed E-state index contributed by atoms with van der Waals surface area (Å²) in [6.07, 6.45) is 10.2. The molecule has 31 heavy (non-hydrogen) atoms. The summed E-state index contributed by atoms with van der Waals surface area (Å²) >= 11 is 0. The van der Waals surface area contributed by atoms with Gasteiger partial charge in [0.25, 0.3) is 0 Å². The Morgan fingerprint density at radius 2 is 1.65 bits per heavy atom. The molecule has 1 aliphatic heterocycles. The number of sulfonamides is 1. The number of rotatable bonds is 5. The number of hydrogen-bond acceptors (Lipinski definition) is 7. The van der Waals surface area contributed by atoms with Gasteiger partial charge in [0.1, 0.15) is 24.3 Å². The van der Waals surface area contributed by atoms with Crippen LogP contribution < -0.4 is 4.90 Å². The Kier molecular flexibility index (Phi) is 4.96. The largest absolute Gasteiger partial charge is 0.354 e. The first kappa shape index (κ1) is 19.4. The van der Waals surface area contributed by atoms with Crippen molar-refractivity contribution in [2.24, 2.45) is 0 Å². The van der Waals surface area contributed by atoms with Gasteiger partial charge in [0, 0.05) is 57.0 Å². The Morgan fingerprint density at radius 1 is 0.871 bits per heavy atom. The van der Waals surface area contributed by atoms with E-state index in [-0.39, 0.29) is 4.90 Å². The van der Waals surface area contributed by atoms with E-state index in [4.69, 9.17) is 0 Å². The number of imidazole rings is 1. The highest BCUT2D eigenvalue weighted by molar-refractivity contribution is 7.89. The molecule has 1 saturated heterocycles. The van der Waals surface area contributed by atoms with Crippen LogP contribution in [0, 0.1) is 0 Å². The molecule has 0 amide bonds. The van der Waals surface area contributed by atoms with Crippen LogP contribution in [0.4, 0.5) is 5.82 Å². The van der Waals surface area contributed by atoms with Crippen molar-refractivity contribution in [2.45, 2.75) is 4.90 Å². The zero-order chi connectivity index (χ0) is 21.3. The van der Waals surface area contributed by atoms with Gasteiger partial charge in [0.15, 0.2) is 0 Å². The van der Waals surface area contributed by atoms with Crippen molar-refractivity contribution in [1.82, 2.24) is 33.6 Å². The van der Waals surface area contributed by atoms with Gasteiger partial charge in [0.2, 0.25) is 10.0 Å². The quantitative estimate of drug-likeness (QED) is 0.465. The second-order valence-electron chi connectivity index (χ2n) is 7.04. The third-order valence-electron chi connectivity index (χ3n) is 5.21. The van der Waals surface area contributed by atoms with E-state index in [0.717, 1.165) is 17.3 Å². The van der Waals surface area contributed by atoms with E-state index in [0.29, 0.717) is 26.2 Å². The lowest BCUT2D eigenvalue weighted by molar-refractivity contribution is 0.383. The van der Waals surface area contributed by atoms with Crippen LogP contribution in [0.25, 0.3) is 11.5 Å². The molecule has 4 heterocycles. The summed E-state index contributed by atoms with van der Waals surface area (Å²) in [6, 6.07) is 10.5. The zero-order valence-corrected chi connectivity index (χ0v) is 17.4. The van der Waals surface area contributed by atoms with Crippen LogP contribution in [0.2, 0.25) is 0 Å². The molecule has 0 bridgehead atoms. The monoisotopic (exact) mass is 436 g/mol. The van der Waals surface area contributed by atoms with Gasteiger partial charge in [-0.15, -0.1) is 0 Å². The molecule has 0 atom stereocenters. The first-order chi connectivity index (χ1) is 15.1. The average Bonchev–Trinajstić information content (AvgIpc) is 3.54. The zero-order valence-electron chi connectivity index (χ0n) is 16.6. The lowest BCUT2D eigenvalue weighted by atomic mass is 10.3. The predicted octanol–water partition coefficient (Wildman–Crippen LogP) is 1.36. The maximum absolute atomic E-state index is 13.1. The van der Waals surface area contributed by atoms with E-state index in [9.17, 15) is 8.42 Å². The normalized spacial score (nSPS) is 15.3. The minimum absolute atomic E-state index is 0.279. The highest BCUT2D eigenvalue weighted by atomic mass is 32.2. The average molecular weight is 437 g/mol. The standard InChI is InChI=1S/C20H20N8O2S/c29-31(30,18-4-2-17(3-5-18)28-8-1-6-24-28)27-12-10-25(11-13-27)19-14-20(23-15-22-19)26-9-7-21-16-26/h1-9,14-16H,10-13H2. The number of hydrogen-bond donors (Lipinski definition) is 0. The van der Waals surface area contributed by atoms with Crippen LogP contribution in [0.15, 0.2) is 78.7 Å². The molecule has 11 heteroatoms. The molecule has 0 unspecified atom stereocenters. The van der Waals surface area contributed by atoms with E-state index in [1.807, 2.05) is 24.5 Å². The Balaban J connectivity index is 1.28. The fraction of sp³-hybridized carbons (Fsp3) is 0.200. The van der Waals surface area contributed by atoms with Gasteiger partial charge in [-0.25, -0.2) is 28.1 Å². The van der Waals surface area contributed by atoms with E-state index in [2.05, 4.69) is 25.0 Å². The van der Waals surface area contributed by atoms with Crippen LogP contribution >= 0.6 is 0 Å². The van der Waals surface area contributed by atoms with Crippen molar-refractivity contribution in [2.75, 3.05) is 31.1 Å². The Labute approximate surface area is 179 Å². The summed E-state index contributed by atoms with van der Waals surface area (Å²) in [7, 11) is -3.56. The van der Waals surface area contributed by atoms with Crippen molar-refractivity contribution < 1.29 is 8.42 Å². The highest BCUT2D eigenvalue weighted by Gasteiger charge is 2.29.